The lowest BCUT2D eigenvalue weighted by Crippen LogP contribution is -2.44. The summed E-state index contributed by atoms with van der Waals surface area (Å²) in [5, 5.41) is 6.80. The summed E-state index contributed by atoms with van der Waals surface area (Å²) >= 11 is 5.91. The highest BCUT2D eigenvalue weighted by molar-refractivity contribution is 6.33. The Balaban J connectivity index is 0.000000335. The number of amides is 2. The van der Waals surface area contributed by atoms with Gasteiger partial charge in [-0.25, -0.2) is 14.8 Å². The van der Waals surface area contributed by atoms with E-state index in [1.54, 1.807) is 26.4 Å². The first-order chi connectivity index (χ1) is 26.3. The number of carbonyl (C=O) groups excluding carboxylic acids is 1. The lowest BCUT2D eigenvalue weighted by molar-refractivity contribution is -0.122. The normalized spacial score (nSPS) is 15.4. The molecule has 54 heavy (non-hydrogen) atoms. The zero-order chi connectivity index (χ0) is 39.8. The number of halogens is 1. The van der Waals surface area contributed by atoms with Crippen LogP contribution in [0.2, 0.25) is 5.02 Å². The predicted molar refractivity (Wildman–Crippen MR) is 218 cm³/mol. The van der Waals surface area contributed by atoms with Crippen molar-refractivity contribution in [3.05, 3.63) is 47.7 Å². The Labute approximate surface area is 328 Å². The van der Waals surface area contributed by atoms with Crippen molar-refractivity contribution in [3.63, 3.8) is 0 Å². The number of nitrogens with one attached hydrogen (secondary N) is 2. The Bertz CT molecular complexity index is 1470. The Hall–Kier alpha value is -3.42. The van der Waals surface area contributed by atoms with Crippen LogP contribution in [-0.4, -0.2) is 108 Å². The molecule has 0 saturated carbocycles. The van der Waals surface area contributed by atoms with Crippen LogP contribution in [0.4, 0.5) is 10.5 Å². The number of benzene rings is 2. The first kappa shape index (κ1) is 46.7. The van der Waals surface area contributed by atoms with Gasteiger partial charge in [0.1, 0.15) is 6.33 Å². The molecule has 2 aromatic carbocycles. The number of aromatic nitrogens is 2. The van der Waals surface area contributed by atoms with E-state index in [2.05, 4.69) is 46.3 Å². The van der Waals surface area contributed by atoms with Crippen LogP contribution in [0, 0.1) is 17.3 Å². The van der Waals surface area contributed by atoms with Crippen molar-refractivity contribution in [1.29, 1.82) is 0 Å². The fourth-order valence-corrected chi connectivity index (χ4v) is 5.59. The smallest absolute Gasteiger partial charge is 0.319 e. The molecular weight excluding hydrogens is 710 g/mol. The molecule has 304 valence electrons. The quantitative estimate of drug-likeness (QED) is 0.146. The molecule has 0 bridgehead atoms. The van der Waals surface area contributed by atoms with Crippen molar-refractivity contribution in [2.24, 2.45) is 17.3 Å². The third-order valence-corrected chi connectivity index (χ3v) is 9.44. The maximum Gasteiger partial charge on any atom is 0.319 e. The number of methoxy groups -OCH3 is 2. The zero-order valence-electron chi connectivity index (χ0n) is 34.2. The third kappa shape index (κ3) is 15.4. The maximum absolute atomic E-state index is 11.5. The van der Waals surface area contributed by atoms with E-state index in [4.69, 9.17) is 40.0 Å². The monoisotopic (exact) mass is 775 g/mol. The summed E-state index contributed by atoms with van der Waals surface area (Å²) in [7, 11) is 3.23. The number of para-hydroxylation sites is 1. The second-order valence-electron chi connectivity index (χ2n) is 13.0. The molecule has 0 radical (unpaired) electrons. The van der Waals surface area contributed by atoms with Gasteiger partial charge >= 0.3 is 6.03 Å². The summed E-state index contributed by atoms with van der Waals surface area (Å²) in [5.41, 5.74) is 1.80. The van der Waals surface area contributed by atoms with E-state index in [0.717, 1.165) is 82.5 Å². The van der Waals surface area contributed by atoms with Crippen LogP contribution in [0.5, 0.6) is 17.4 Å². The SMILES string of the molecule is CC.CC.CC1COC1.CCN(CCCOc1cc2ncnc(OC)c2cc1OC)CCC1(CC)COC1.O=C(NCC1COC1)Nc1ccccc1Cl. The summed E-state index contributed by atoms with van der Waals surface area (Å²) < 4.78 is 32.1. The predicted octanol–water partition coefficient (Wildman–Crippen LogP) is 8.37. The van der Waals surface area contributed by atoms with Crippen LogP contribution in [0.1, 0.15) is 67.7 Å². The molecule has 6 rings (SSSR count). The van der Waals surface area contributed by atoms with Crippen LogP contribution in [0.15, 0.2) is 42.7 Å². The molecule has 13 heteroatoms. The van der Waals surface area contributed by atoms with E-state index >= 15 is 0 Å². The number of anilines is 1. The van der Waals surface area contributed by atoms with Crippen molar-refractivity contribution in [3.8, 4) is 17.4 Å². The van der Waals surface area contributed by atoms with Gasteiger partial charge in [-0.05, 0) is 50.6 Å². The molecular formula is C41H66ClN5O7. The van der Waals surface area contributed by atoms with E-state index in [1.807, 2.05) is 52.0 Å². The highest BCUT2D eigenvalue weighted by Gasteiger charge is 2.36. The highest BCUT2D eigenvalue weighted by atomic mass is 35.5. The lowest BCUT2D eigenvalue weighted by Gasteiger charge is -2.42. The van der Waals surface area contributed by atoms with Crippen LogP contribution in [0.3, 0.4) is 0 Å². The highest BCUT2D eigenvalue weighted by Crippen LogP contribution is 2.36. The first-order valence-electron chi connectivity index (χ1n) is 19.5. The van der Waals surface area contributed by atoms with Gasteiger partial charge in [0.05, 0.1) is 82.1 Å². The maximum atomic E-state index is 11.5. The molecule has 2 N–H and O–H groups in total. The minimum Gasteiger partial charge on any atom is -0.493 e. The lowest BCUT2D eigenvalue weighted by atomic mass is 9.80. The van der Waals surface area contributed by atoms with Gasteiger partial charge in [-0.15, -0.1) is 0 Å². The van der Waals surface area contributed by atoms with E-state index < -0.39 is 0 Å². The zero-order valence-corrected chi connectivity index (χ0v) is 34.9. The molecule has 0 spiro atoms. The van der Waals surface area contributed by atoms with Gasteiger partial charge < -0.3 is 44.0 Å². The number of urea groups is 1. The van der Waals surface area contributed by atoms with Crippen LogP contribution >= 0.6 is 11.6 Å². The van der Waals surface area contributed by atoms with E-state index in [0.29, 0.717) is 52.6 Å². The molecule has 3 aliphatic heterocycles. The van der Waals surface area contributed by atoms with E-state index in [9.17, 15) is 4.79 Å². The molecule has 12 nitrogen and oxygen atoms in total. The number of nitrogens with zero attached hydrogens (tertiary/aromatic N) is 3. The number of carbonyl (C=O) groups is 1. The molecule has 0 unspecified atom stereocenters. The Morgan fingerprint density at radius 2 is 1.63 bits per heavy atom. The summed E-state index contributed by atoms with van der Waals surface area (Å²) in [5.74, 6) is 3.17. The Morgan fingerprint density at radius 1 is 0.944 bits per heavy atom. The molecule has 3 aromatic rings. The Morgan fingerprint density at radius 3 is 2.15 bits per heavy atom. The average molecular weight is 776 g/mol. The van der Waals surface area contributed by atoms with Gasteiger partial charge in [0.25, 0.3) is 0 Å². The summed E-state index contributed by atoms with van der Waals surface area (Å²) in [6.07, 6.45) is 4.85. The largest absolute Gasteiger partial charge is 0.493 e. The van der Waals surface area contributed by atoms with Gasteiger partial charge in [0.15, 0.2) is 11.5 Å². The van der Waals surface area contributed by atoms with Crippen molar-refractivity contribution >= 4 is 34.2 Å². The second kappa shape index (κ2) is 26.4. The summed E-state index contributed by atoms with van der Waals surface area (Å²) in [6, 6.07) is 10.6. The van der Waals surface area contributed by atoms with Gasteiger partial charge in [-0.3, -0.25) is 0 Å². The molecule has 0 aliphatic carbocycles. The molecule has 1 aromatic heterocycles. The third-order valence-electron chi connectivity index (χ3n) is 9.11. The number of ether oxygens (including phenoxy) is 6. The van der Waals surface area contributed by atoms with Gasteiger partial charge in [0.2, 0.25) is 5.88 Å². The number of fused-ring (bicyclic) bond motifs is 1. The van der Waals surface area contributed by atoms with Gasteiger partial charge in [-0.1, -0.05) is 72.2 Å². The van der Waals surface area contributed by atoms with Crippen molar-refractivity contribution in [2.75, 3.05) is 92.0 Å². The van der Waals surface area contributed by atoms with Gasteiger partial charge in [0, 0.05) is 36.4 Å². The molecule has 3 fully saturated rings. The minimum absolute atomic E-state index is 0.236. The van der Waals surface area contributed by atoms with Crippen molar-refractivity contribution in [1.82, 2.24) is 20.2 Å². The fourth-order valence-electron chi connectivity index (χ4n) is 5.41. The second-order valence-corrected chi connectivity index (χ2v) is 13.4. The first-order valence-corrected chi connectivity index (χ1v) is 19.9. The van der Waals surface area contributed by atoms with Crippen LogP contribution < -0.4 is 24.8 Å². The Kier molecular flexibility index (Phi) is 22.8. The fraction of sp³-hybridized carbons (Fsp3) is 0.634. The summed E-state index contributed by atoms with van der Waals surface area (Å²) in [6.45, 7) is 24.4. The molecule has 2 amide bonds. The molecule has 4 heterocycles. The van der Waals surface area contributed by atoms with Crippen molar-refractivity contribution in [2.45, 2.75) is 67.7 Å². The molecule has 0 atom stereocenters. The summed E-state index contributed by atoms with van der Waals surface area (Å²) in [4.78, 5) is 22.4. The van der Waals surface area contributed by atoms with Crippen molar-refractivity contribution < 1.29 is 33.2 Å². The molecule has 3 aliphatic rings. The minimum atomic E-state index is -0.236. The number of rotatable bonds is 15. The molecule has 3 saturated heterocycles. The number of hydrogen-bond acceptors (Lipinski definition) is 10. The van der Waals surface area contributed by atoms with Crippen LogP contribution in [-0.2, 0) is 14.2 Å². The van der Waals surface area contributed by atoms with E-state index in [1.165, 1.54) is 19.2 Å². The topological polar surface area (TPSA) is 126 Å². The number of hydrogen-bond donors (Lipinski definition) is 2. The standard InChI is InChI=1S/C22H33N3O4.C11H13ClN2O2.C4H8O.2C2H6/c1-5-22(14-28-15-22)8-10-25(6-2)9-7-11-29-20-13-18-17(12-19(20)26-3)21(27-4)24-16-23-18;12-9-3-1-2-4-10(9)14-11(15)13-5-8-6-16-7-8;1-4-2-5-3-4;2*1-2/h12-13,16H,5-11,14-15H2,1-4H3;1-4,8H,5-7H2,(H2,13,14,15);4H,2-3H2,1H3;2*1-2H3. The average Bonchev–Trinajstić information content (AvgIpc) is 3.16. The van der Waals surface area contributed by atoms with E-state index in [-0.39, 0.29) is 6.03 Å². The van der Waals surface area contributed by atoms with Gasteiger partial charge in [-0.2, -0.15) is 0 Å². The van der Waals surface area contributed by atoms with Crippen LogP contribution in [0.25, 0.3) is 10.9 Å².